The zero-order valence-electron chi connectivity index (χ0n) is 19.0. The Balaban J connectivity index is 1.80. The molecule has 0 aliphatic heterocycles. The maximum atomic E-state index is 12.9. The molecular weight excluding hydrogens is 438 g/mol. The largest absolute Gasteiger partial charge is 0.465 e. The van der Waals surface area contributed by atoms with E-state index < -0.39 is 36.1 Å². The summed E-state index contributed by atoms with van der Waals surface area (Å²) in [6.45, 7) is 3.73. The highest BCUT2D eigenvalue weighted by molar-refractivity contribution is 5.91. The summed E-state index contributed by atoms with van der Waals surface area (Å²) in [6.07, 6.45) is -1.09. The number of hydrogen-bond acceptors (Lipinski definition) is 5. The summed E-state index contributed by atoms with van der Waals surface area (Å²) in [6, 6.07) is 14.2. The van der Waals surface area contributed by atoms with Crippen molar-refractivity contribution in [2.24, 2.45) is 5.92 Å². The number of benzene rings is 2. The van der Waals surface area contributed by atoms with E-state index in [2.05, 4.69) is 21.0 Å². The Morgan fingerprint density at radius 3 is 2.32 bits per heavy atom. The van der Waals surface area contributed by atoms with Crippen LogP contribution in [0.4, 0.5) is 4.79 Å². The molecular formula is C24H29N5O5. The molecule has 3 aromatic rings. The fourth-order valence-corrected chi connectivity index (χ4v) is 3.66. The molecule has 0 radical (unpaired) electrons. The van der Waals surface area contributed by atoms with Crippen LogP contribution in [0.15, 0.2) is 60.9 Å². The van der Waals surface area contributed by atoms with E-state index in [-0.39, 0.29) is 18.8 Å². The zero-order valence-corrected chi connectivity index (χ0v) is 19.0. The van der Waals surface area contributed by atoms with Crippen LogP contribution in [0.1, 0.15) is 25.8 Å². The van der Waals surface area contributed by atoms with Crippen molar-refractivity contribution in [2.75, 3.05) is 5.43 Å². The van der Waals surface area contributed by atoms with Crippen molar-refractivity contribution in [1.82, 2.24) is 20.3 Å². The van der Waals surface area contributed by atoms with E-state index in [0.29, 0.717) is 11.0 Å². The van der Waals surface area contributed by atoms with Crippen molar-refractivity contribution in [1.29, 1.82) is 0 Å². The van der Waals surface area contributed by atoms with Gasteiger partial charge in [-0.25, -0.2) is 14.5 Å². The number of aliphatic hydroxyl groups excluding tert-OH is 1. The molecule has 10 nitrogen and oxygen atoms in total. The molecule has 1 heterocycles. The number of aliphatic hydroxyl groups is 1. The topological polar surface area (TPSA) is 146 Å². The normalized spacial score (nSPS) is 13.8. The van der Waals surface area contributed by atoms with Gasteiger partial charge in [-0.05, 0) is 36.5 Å². The molecule has 0 saturated heterocycles. The average Bonchev–Trinajstić information content (AvgIpc) is 3.20. The fourth-order valence-electron chi connectivity index (χ4n) is 3.66. The SMILES string of the molecule is CC(C)C[C@H](NC(=O)O)C(=O)N[C@@H](Cc1ccccc1)[C@@H](O)C(=O)Nn1cnc2ccccc21. The summed E-state index contributed by atoms with van der Waals surface area (Å²) in [5.74, 6) is -1.31. The molecule has 0 aliphatic rings. The molecule has 0 unspecified atom stereocenters. The second kappa shape index (κ2) is 11.3. The van der Waals surface area contributed by atoms with Crippen LogP contribution in [0.2, 0.25) is 0 Å². The van der Waals surface area contributed by atoms with Gasteiger partial charge in [0.2, 0.25) is 5.91 Å². The van der Waals surface area contributed by atoms with Crippen LogP contribution in [0.3, 0.4) is 0 Å². The molecule has 2 aromatic carbocycles. The molecule has 10 heteroatoms. The number of hydrogen-bond donors (Lipinski definition) is 5. The van der Waals surface area contributed by atoms with Gasteiger partial charge in [0.25, 0.3) is 5.91 Å². The molecule has 1 aromatic heterocycles. The van der Waals surface area contributed by atoms with E-state index in [1.807, 2.05) is 50.2 Å². The first-order valence-corrected chi connectivity index (χ1v) is 11.0. The van der Waals surface area contributed by atoms with E-state index in [1.54, 1.807) is 18.2 Å². The molecule has 180 valence electrons. The Morgan fingerprint density at radius 2 is 1.65 bits per heavy atom. The monoisotopic (exact) mass is 467 g/mol. The predicted molar refractivity (Wildman–Crippen MR) is 127 cm³/mol. The van der Waals surface area contributed by atoms with Crippen LogP contribution >= 0.6 is 0 Å². The summed E-state index contributed by atoms with van der Waals surface area (Å²) >= 11 is 0. The number of carbonyl (C=O) groups is 3. The minimum Gasteiger partial charge on any atom is -0.465 e. The zero-order chi connectivity index (χ0) is 24.7. The minimum atomic E-state index is -1.62. The highest BCUT2D eigenvalue weighted by Gasteiger charge is 2.31. The number of nitrogens with one attached hydrogen (secondary N) is 3. The number of nitrogens with zero attached hydrogens (tertiary/aromatic N) is 2. The van der Waals surface area contributed by atoms with Gasteiger partial charge in [-0.3, -0.25) is 15.0 Å². The average molecular weight is 468 g/mol. The van der Waals surface area contributed by atoms with Gasteiger partial charge in [0.05, 0.1) is 17.1 Å². The summed E-state index contributed by atoms with van der Waals surface area (Å²) in [5.41, 5.74) is 4.71. The molecule has 0 saturated carbocycles. The molecule has 3 rings (SSSR count). The molecule has 34 heavy (non-hydrogen) atoms. The van der Waals surface area contributed by atoms with Gasteiger partial charge in [0.15, 0.2) is 6.10 Å². The third-order valence-corrected chi connectivity index (χ3v) is 5.28. The van der Waals surface area contributed by atoms with Crippen LogP contribution in [-0.4, -0.2) is 56.0 Å². The lowest BCUT2D eigenvalue weighted by atomic mass is 9.98. The van der Waals surface area contributed by atoms with Crippen LogP contribution in [0.5, 0.6) is 0 Å². The minimum absolute atomic E-state index is 0.0397. The summed E-state index contributed by atoms with van der Waals surface area (Å²) in [4.78, 5) is 41.3. The van der Waals surface area contributed by atoms with Gasteiger partial charge in [0, 0.05) is 0 Å². The third-order valence-electron chi connectivity index (χ3n) is 5.28. The maximum absolute atomic E-state index is 12.9. The van der Waals surface area contributed by atoms with Crippen molar-refractivity contribution in [2.45, 2.75) is 44.9 Å². The first kappa shape index (κ1) is 24.7. The number of rotatable bonds is 10. The van der Waals surface area contributed by atoms with E-state index >= 15 is 0 Å². The van der Waals surface area contributed by atoms with E-state index in [9.17, 15) is 19.5 Å². The van der Waals surface area contributed by atoms with E-state index in [0.717, 1.165) is 5.56 Å². The van der Waals surface area contributed by atoms with E-state index in [1.165, 1.54) is 11.0 Å². The second-order valence-corrected chi connectivity index (χ2v) is 8.46. The molecule has 5 N–H and O–H groups in total. The molecule has 0 spiro atoms. The number of para-hydroxylation sites is 2. The standard InChI is InChI=1S/C24H29N5O5/c1-15(2)12-19(27-24(33)34)22(31)26-18(13-16-8-4-3-5-9-16)21(30)23(32)28-29-14-25-17-10-6-7-11-20(17)29/h3-11,14-15,18-19,21,27,30H,12-13H2,1-2H3,(H,26,31)(H,28,32)(H,33,34)/t18-,19-,21+/m0/s1. The molecule has 0 aliphatic carbocycles. The van der Waals surface area contributed by atoms with Gasteiger partial charge in [-0.2, -0.15) is 0 Å². The lowest BCUT2D eigenvalue weighted by Gasteiger charge is -2.27. The van der Waals surface area contributed by atoms with Crippen LogP contribution in [0, 0.1) is 5.92 Å². The number of aromatic nitrogens is 2. The lowest BCUT2D eigenvalue weighted by Crippen LogP contribution is -2.56. The Labute approximate surface area is 197 Å². The van der Waals surface area contributed by atoms with Crippen molar-refractivity contribution in [3.8, 4) is 0 Å². The smallest absolute Gasteiger partial charge is 0.405 e. The van der Waals surface area contributed by atoms with E-state index in [4.69, 9.17) is 5.11 Å². The maximum Gasteiger partial charge on any atom is 0.405 e. The van der Waals surface area contributed by atoms with Crippen molar-refractivity contribution < 1.29 is 24.6 Å². The summed E-state index contributed by atoms with van der Waals surface area (Å²) in [7, 11) is 0. The van der Waals surface area contributed by atoms with Crippen LogP contribution < -0.4 is 16.1 Å². The molecule has 3 amide bonds. The number of fused-ring (bicyclic) bond motifs is 1. The Morgan fingerprint density at radius 1 is 0.971 bits per heavy atom. The van der Waals surface area contributed by atoms with Gasteiger partial charge in [-0.1, -0.05) is 56.3 Å². The van der Waals surface area contributed by atoms with Gasteiger partial charge in [-0.15, -0.1) is 0 Å². The molecule has 3 atom stereocenters. The molecule has 0 fully saturated rings. The van der Waals surface area contributed by atoms with Crippen molar-refractivity contribution in [3.05, 3.63) is 66.5 Å². The quantitative estimate of drug-likeness (QED) is 0.308. The van der Waals surface area contributed by atoms with Crippen molar-refractivity contribution >= 4 is 28.9 Å². The number of imidazole rings is 1. The summed E-state index contributed by atoms with van der Waals surface area (Å²) < 4.78 is 1.40. The Bertz CT molecular complexity index is 1130. The van der Waals surface area contributed by atoms with Gasteiger partial charge in [0.1, 0.15) is 12.4 Å². The van der Waals surface area contributed by atoms with Gasteiger partial charge < -0.3 is 20.8 Å². The number of carbonyl (C=O) groups excluding carboxylic acids is 2. The first-order valence-electron chi connectivity index (χ1n) is 11.0. The highest BCUT2D eigenvalue weighted by atomic mass is 16.4. The van der Waals surface area contributed by atoms with Crippen molar-refractivity contribution in [3.63, 3.8) is 0 Å². The third kappa shape index (κ3) is 6.55. The number of carboxylic acid groups (broad SMARTS) is 1. The summed E-state index contributed by atoms with van der Waals surface area (Å²) in [5, 5.41) is 24.9. The highest BCUT2D eigenvalue weighted by Crippen LogP contribution is 2.12. The predicted octanol–water partition coefficient (Wildman–Crippen LogP) is 1.88. The molecule has 0 bridgehead atoms. The Hall–Kier alpha value is -3.92. The second-order valence-electron chi connectivity index (χ2n) is 8.46. The van der Waals surface area contributed by atoms with Crippen LogP contribution in [-0.2, 0) is 16.0 Å². The lowest BCUT2D eigenvalue weighted by molar-refractivity contribution is -0.129. The Kier molecular flexibility index (Phi) is 8.20. The van der Waals surface area contributed by atoms with Crippen LogP contribution in [0.25, 0.3) is 11.0 Å². The fraction of sp³-hybridized carbons (Fsp3) is 0.333. The first-order chi connectivity index (χ1) is 16.2. The van der Waals surface area contributed by atoms with Gasteiger partial charge >= 0.3 is 6.09 Å². The number of amides is 3.